The molecular weight excluding hydrogens is 385 g/mol. The molecule has 3 rings (SSSR count). The molecular formula is C24H28FNO4. The van der Waals surface area contributed by atoms with E-state index in [-0.39, 0.29) is 18.4 Å². The van der Waals surface area contributed by atoms with E-state index in [1.165, 1.54) is 12.1 Å². The molecule has 6 heteroatoms. The van der Waals surface area contributed by atoms with Crippen LogP contribution in [0.1, 0.15) is 41.4 Å². The van der Waals surface area contributed by atoms with E-state index in [0.717, 1.165) is 28.2 Å². The fourth-order valence-corrected chi connectivity index (χ4v) is 3.52. The van der Waals surface area contributed by atoms with Gasteiger partial charge in [0.05, 0.1) is 6.61 Å². The van der Waals surface area contributed by atoms with Crippen LogP contribution in [0.3, 0.4) is 0 Å². The van der Waals surface area contributed by atoms with Crippen LogP contribution in [0.2, 0.25) is 0 Å². The van der Waals surface area contributed by atoms with Crippen molar-refractivity contribution in [3.05, 3.63) is 64.2 Å². The van der Waals surface area contributed by atoms with Gasteiger partial charge >= 0.3 is 5.97 Å². The molecule has 0 aliphatic rings. The number of benzene rings is 2. The molecule has 5 nitrogen and oxygen atoms in total. The number of halogens is 1. The van der Waals surface area contributed by atoms with Crippen molar-refractivity contribution in [2.24, 2.45) is 5.73 Å². The Bertz CT molecular complexity index is 1040. The maximum atomic E-state index is 14.1. The molecule has 0 bridgehead atoms. The van der Waals surface area contributed by atoms with Crippen molar-refractivity contribution in [2.75, 3.05) is 13.2 Å². The molecule has 0 saturated heterocycles. The van der Waals surface area contributed by atoms with Crippen LogP contribution in [0.15, 0.2) is 34.7 Å². The van der Waals surface area contributed by atoms with Crippen molar-refractivity contribution in [2.45, 2.75) is 46.6 Å². The number of rotatable bonds is 9. The summed E-state index contributed by atoms with van der Waals surface area (Å²) in [5.41, 5.74) is 10.0. The summed E-state index contributed by atoms with van der Waals surface area (Å²) in [6, 6.07) is 8.57. The number of fused-ring (bicyclic) bond motifs is 1. The quantitative estimate of drug-likeness (QED) is 0.512. The van der Waals surface area contributed by atoms with Crippen LogP contribution < -0.4 is 10.5 Å². The van der Waals surface area contributed by atoms with Crippen LogP contribution in [-0.2, 0) is 29.0 Å². The smallest absolute Gasteiger partial charge is 0.306 e. The molecule has 0 unspecified atom stereocenters. The predicted molar refractivity (Wildman–Crippen MR) is 114 cm³/mol. The van der Waals surface area contributed by atoms with Crippen LogP contribution in [0.5, 0.6) is 5.75 Å². The van der Waals surface area contributed by atoms with Gasteiger partial charge in [0.2, 0.25) is 0 Å². The third-order valence-corrected chi connectivity index (χ3v) is 5.24. The number of ether oxygens (including phenoxy) is 2. The van der Waals surface area contributed by atoms with E-state index >= 15 is 0 Å². The fourth-order valence-electron chi connectivity index (χ4n) is 3.52. The van der Waals surface area contributed by atoms with E-state index < -0.39 is 0 Å². The number of hydrogen-bond donors (Lipinski definition) is 1. The van der Waals surface area contributed by atoms with Crippen LogP contribution in [-0.4, -0.2) is 19.1 Å². The lowest BCUT2D eigenvalue weighted by Crippen LogP contribution is -2.06. The van der Waals surface area contributed by atoms with Crippen molar-refractivity contribution in [1.29, 1.82) is 0 Å². The number of furan rings is 1. The minimum atomic E-state index is -0.330. The summed E-state index contributed by atoms with van der Waals surface area (Å²) in [6.45, 7) is 6.83. The lowest BCUT2D eigenvalue weighted by Gasteiger charge is -2.15. The summed E-state index contributed by atoms with van der Waals surface area (Å²) in [5, 5.41) is 0.708. The van der Waals surface area contributed by atoms with Crippen LogP contribution in [0.25, 0.3) is 11.0 Å². The first-order valence-corrected chi connectivity index (χ1v) is 10.2. The SMILES string of the molecule is CCOC(=O)CCc1ccc(OCc2cc(F)cc3cc(CCN)oc23)c(C)c1C. The maximum absolute atomic E-state index is 14.1. The van der Waals surface area contributed by atoms with E-state index in [0.29, 0.717) is 48.9 Å². The number of aryl methyl sites for hydroxylation is 1. The van der Waals surface area contributed by atoms with Crippen LogP contribution >= 0.6 is 0 Å². The van der Waals surface area contributed by atoms with Gasteiger partial charge in [-0.1, -0.05) is 6.07 Å². The monoisotopic (exact) mass is 413 g/mol. The molecule has 0 saturated carbocycles. The lowest BCUT2D eigenvalue weighted by molar-refractivity contribution is -0.143. The van der Waals surface area contributed by atoms with Gasteiger partial charge in [-0.05, 0) is 74.7 Å². The molecule has 2 N–H and O–H groups in total. The highest BCUT2D eigenvalue weighted by molar-refractivity contribution is 5.81. The molecule has 0 radical (unpaired) electrons. The first-order valence-electron chi connectivity index (χ1n) is 10.2. The third-order valence-electron chi connectivity index (χ3n) is 5.24. The van der Waals surface area contributed by atoms with Crippen molar-refractivity contribution >= 4 is 16.9 Å². The zero-order valence-corrected chi connectivity index (χ0v) is 17.7. The molecule has 0 fully saturated rings. The third kappa shape index (κ3) is 5.00. The zero-order chi connectivity index (χ0) is 21.7. The zero-order valence-electron chi connectivity index (χ0n) is 17.7. The Morgan fingerprint density at radius 2 is 1.90 bits per heavy atom. The van der Waals surface area contributed by atoms with Gasteiger partial charge in [0, 0.05) is 23.8 Å². The van der Waals surface area contributed by atoms with Crippen molar-refractivity contribution < 1.29 is 23.1 Å². The topological polar surface area (TPSA) is 74.7 Å². The number of carbonyl (C=O) groups excluding carboxylic acids is 1. The van der Waals surface area contributed by atoms with Gasteiger partial charge < -0.3 is 19.6 Å². The number of nitrogens with two attached hydrogens (primary N) is 1. The Morgan fingerprint density at radius 3 is 2.63 bits per heavy atom. The van der Waals surface area contributed by atoms with E-state index in [9.17, 15) is 9.18 Å². The fraction of sp³-hybridized carbons (Fsp3) is 0.375. The lowest BCUT2D eigenvalue weighted by atomic mass is 9.99. The standard InChI is InChI=1S/C24H28FNO4/c1-4-28-23(27)8-6-17-5-7-22(16(3)15(17)2)29-14-19-12-20(25)11-18-13-21(9-10-26)30-24(18)19/h5,7,11-13H,4,6,8-10,14,26H2,1-3H3. The summed E-state index contributed by atoms with van der Waals surface area (Å²) >= 11 is 0. The minimum Gasteiger partial charge on any atom is -0.488 e. The molecule has 3 aromatic rings. The summed E-state index contributed by atoms with van der Waals surface area (Å²) in [5.74, 6) is 0.928. The largest absolute Gasteiger partial charge is 0.488 e. The molecule has 1 aromatic heterocycles. The molecule has 1 heterocycles. The Kier molecular flexibility index (Phi) is 7.11. The molecule has 0 atom stereocenters. The van der Waals surface area contributed by atoms with Gasteiger partial charge in [0.15, 0.2) is 0 Å². The van der Waals surface area contributed by atoms with E-state index in [2.05, 4.69) is 0 Å². The minimum absolute atomic E-state index is 0.187. The second kappa shape index (κ2) is 9.76. The van der Waals surface area contributed by atoms with E-state index in [4.69, 9.17) is 19.6 Å². The second-order valence-corrected chi connectivity index (χ2v) is 7.30. The average molecular weight is 413 g/mol. The van der Waals surface area contributed by atoms with E-state index in [1.807, 2.05) is 32.0 Å². The molecule has 2 aromatic carbocycles. The Labute approximate surface area is 176 Å². The molecule has 0 aliphatic heterocycles. The number of esters is 1. The molecule has 0 amide bonds. The summed E-state index contributed by atoms with van der Waals surface area (Å²) in [6.07, 6.45) is 1.56. The molecule has 0 spiro atoms. The number of carbonyl (C=O) groups is 1. The first kappa shape index (κ1) is 21.8. The highest BCUT2D eigenvalue weighted by Gasteiger charge is 2.14. The van der Waals surface area contributed by atoms with Gasteiger partial charge in [-0.2, -0.15) is 0 Å². The van der Waals surface area contributed by atoms with Gasteiger partial charge in [-0.15, -0.1) is 0 Å². The predicted octanol–water partition coefficient (Wildman–Crippen LogP) is 4.76. The van der Waals surface area contributed by atoms with Gasteiger partial charge in [0.25, 0.3) is 0 Å². The molecule has 30 heavy (non-hydrogen) atoms. The summed E-state index contributed by atoms with van der Waals surface area (Å²) < 4.78 is 30.9. The van der Waals surface area contributed by atoms with Crippen LogP contribution in [0.4, 0.5) is 4.39 Å². The maximum Gasteiger partial charge on any atom is 0.306 e. The average Bonchev–Trinajstić information content (AvgIpc) is 3.11. The van der Waals surface area contributed by atoms with Gasteiger partial charge in [0.1, 0.15) is 29.5 Å². The Hall–Kier alpha value is -2.86. The van der Waals surface area contributed by atoms with E-state index in [1.54, 1.807) is 6.92 Å². The number of hydrogen-bond acceptors (Lipinski definition) is 5. The molecule has 0 aliphatic carbocycles. The Balaban J connectivity index is 1.76. The second-order valence-electron chi connectivity index (χ2n) is 7.30. The van der Waals surface area contributed by atoms with Crippen molar-refractivity contribution in [1.82, 2.24) is 0 Å². The summed E-state index contributed by atoms with van der Waals surface area (Å²) in [7, 11) is 0. The first-order chi connectivity index (χ1) is 14.4. The molecule has 160 valence electrons. The normalized spacial score (nSPS) is 11.1. The Morgan fingerprint density at radius 1 is 1.10 bits per heavy atom. The van der Waals surface area contributed by atoms with Crippen molar-refractivity contribution in [3.63, 3.8) is 0 Å². The van der Waals surface area contributed by atoms with Gasteiger partial charge in [-0.25, -0.2) is 4.39 Å². The highest BCUT2D eigenvalue weighted by Crippen LogP contribution is 2.29. The highest BCUT2D eigenvalue weighted by atomic mass is 19.1. The van der Waals surface area contributed by atoms with Gasteiger partial charge in [-0.3, -0.25) is 4.79 Å². The summed E-state index contributed by atoms with van der Waals surface area (Å²) in [4.78, 5) is 11.6. The van der Waals surface area contributed by atoms with Crippen LogP contribution in [0, 0.1) is 19.7 Å². The van der Waals surface area contributed by atoms with Crippen molar-refractivity contribution in [3.8, 4) is 5.75 Å².